The molecule has 26 heteroatoms. The van der Waals surface area contributed by atoms with Crippen LogP contribution >= 0.6 is 24.0 Å². The van der Waals surface area contributed by atoms with E-state index in [0.717, 1.165) is 57.6 Å². The molecule has 2 aliphatic carbocycles. The summed E-state index contributed by atoms with van der Waals surface area (Å²) in [5.74, 6) is 3.88. The molecular weight excluding hydrogens is 1200 g/mol. The van der Waals surface area contributed by atoms with Gasteiger partial charge in [-0.15, -0.1) is 17.5 Å². The van der Waals surface area contributed by atoms with E-state index in [1.807, 2.05) is 12.1 Å². The van der Waals surface area contributed by atoms with Gasteiger partial charge >= 0.3 is 0 Å². The summed E-state index contributed by atoms with van der Waals surface area (Å²) in [7, 11) is -8.38. The average Bonchev–Trinajstić information content (AvgIpc) is 1.56. The Labute approximate surface area is 528 Å². The Balaban J connectivity index is 0.000000176. The first-order valence-electron chi connectivity index (χ1n) is 29.9. The normalized spacial score (nSPS) is 23.1. The molecule has 88 heavy (non-hydrogen) atoms. The first-order valence-corrected chi connectivity index (χ1v) is 33.3. The maximum Gasteiger partial charge on any atom is 0.281 e. The van der Waals surface area contributed by atoms with Crippen molar-refractivity contribution in [2.45, 2.75) is 143 Å². The van der Waals surface area contributed by atoms with E-state index >= 15 is 0 Å². The molecule has 6 aromatic heterocycles. The number of rotatable bonds is 7. The summed E-state index contributed by atoms with van der Waals surface area (Å²) < 4.78 is 69.7. The Morgan fingerprint density at radius 2 is 1.07 bits per heavy atom. The number of fused-ring (bicyclic) bond motifs is 12. The molecule has 0 aromatic carbocycles. The van der Waals surface area contributed by atoms with Crippen LogP contribution in [0, 0.1) is 45.3 Å². The molecule has 2 atom stereocenters. The summed E-state index contributed by atoms with van der Waals surface area (Å²) in [5.41, 5.74) is 1.01. The van der Waals surface area contributed by atoms with Crippen LogP contribution < -0.4 is 39.4 Å². The Morgan fingerprint density at radius 1 is 0.591 bits per heavy atom. The lowest BCUT2D eigenvalue weighted by Crippen LogP contribution is -2.41. The molecule has 0 spiro atoms. The number of hydrogen-bond donors (Lipinski definition) is 5. The fourth-order valence-electron chi connectivity index (χ4n) is 13.3. The first-order chi connectivity index (χ1) is 40.8. The number of carbonyl (C=O) groups is 2. The molecule has 2 saturated heterocycles. The van der Waals surface area contributed by atoms with Crippen molar-refractivity contribution in [2.75, 3.05) is 59.8 Å². The maximum atomic E-state index is 13.6. The summed E-state index contributed by atoms with van der Waals surface area (Å²) in [5, 5.41) is 17.5. The molecule has 2 amide bonds. The second-order valence-electron chi connectivity index (χ2n) is 27.4. The summed E-state index contributed by atoms with van der Waals surface area (Å²) in [6, 6.07) is 19.3. The predicted octanol–water partition coefficient (Wildman–Crippen LogP) is 10.6. The lowest BCUT2D eigenvalue weighted by Gasteiger charge is -2.34. The number of nitrogens with one attached hydrogen (secondary N) is 5. The number of aromatic nitrogens is 8. The van der Waals surface area contributed by atoms with Crippen LogP contribution in [-0.4, -0.2) is 119 Å². The number of nitrogens with zero attached hydrogens (tertiary/aromatic N) is 9. The van der Waals surface area contributed by atoms with Gasteiger partial charge in [0.25, 0.3) is 31.9 Å². The highest BCUT2D eigenvalue weighted by molar-refractivity contribution is 7.90. The average molecular weight is 1290 g/mol. The number of amides is 2. The number of aromatic amines is 1. The third-order valence-electron chi connectivity index (χ3n) is 20.0. The second-order valence-corrected chi connectivity index (χ2v) is 31.0. The lowest BCUT2D eigenvalue weighted by molar-refractivity contribution is 0.0972. The number of H-pyrrole nitrogens is 1. The predicted molar refractivity (Wildman–Crippen MR) is 342 cm³/mol. The van der Waals surface area contributed by atoms with Gasteiger partial charge < -0.3 is 29.9 Å². The van der Waals surface area contributed by atoms with Gasteiger partial charge in [0.1, 0.15) is 28.4 Å². The lowest BCUT2D eigenvalue weighted by atomic mass is 9.93. The molecule has 2 unspecified atom stereocenters. The van der Waals surface area contributed by atoms with Crippen molar-refractivity contribution < 1.29 is 35.9 Å². The van der Waals surface area contributed by atoms with Gasteiger partial charge in [0.05, 0.1) is 30.5 Å². The van der Waals surface area contributed by atoms with Gasteiger partial charge in [-0.05, 0) is 148 Å². The van der Waals surface area contributed by atoms with Gasteiger partial charge in [0.2, 0.25) is 11.8 Å². The first kappa shape index (κ1) is 65.7. The van der Waals surface area contributed by atoms with E-state index in [0.29, 0.717) is 95.7 Å². The molecule has 476 valence electrons. The molecule has 4 aliphatic heterocycles. The molecule has 2 saturated carbocycles. The van der Waals surface area contributed by atoms with Crippen LogP contribution in [0.25, 0.3) is 5.82 Å². The smallest absolute Gasteiger partial charge is 0.281 e. The molecule has 6 aromatic rings. The zero-order valence-corrected chi connectivity index (χ0v) is 55.5. The van der Waals surface area contributed by atoms with Crippen molar-refractivity contribution in [3.63, 3.8) is 0 Å². The van der Waals surface area contributed by atoms with Crippen molar-refractivity contribution >= 4 is 79.1 Å². The van der Waals surface area contributed by atoms with E-state index in [9.17, 15) is 26.4 Å². The monoisotopic (exact) mass is 1290 g/mol. The van der Waals surface area contributed by atoms with Crippen LogP contribution in [0.2, 0.25) is 5.15 Å². The van der Waals surface area contributed by atoms with Gasteiger partial charge in [-0.2, -0.15) is 21.9 Å². The maximum absolute atomic E-state index is 13.6. The van der Waals surface area contributed by atoms with Crippen molar-refractivity contribution in [2.24, 2.45) is 45.3 Å². The zero-order valence-electron chi connectivity index (χ0n) is 52.3. The molecular formula is C62H84Cl2N14O8S2. The van der Waals surface area contributed by atoms with Crippen molar-refractivity contribution in [3.05, 3.63) is 101 Å². The van der Waals surface area contributed by atoms with E-state index in [4.69, 9.17) is 26.1 Å². The van der Waals surface area contributed by atoms with E-state index in [2.05, 4.69) is 143 Å². The number of sulfonamides is 2. The third-order valence-corrected chi connectivity index (χ3v) is 22.7. The quantitative estimate of drug-likeness (QED) is 0.0929. The van der Waals surface area contributed by atoms with Gasteiger partial charge in [0, 0.05) is 67.4 Å². The Hall–Kier alpha value is -6.76. The second kappa shape index (κ2) is 24.6. The third kappa shape index (κ3) is 13.5. The van der Waals surface area contributed by atoms with Crippen LogP contribution in [0.5, 0.6) is 11.8 Å². The zero-order chi connectivity index (χ0) is 62.7. The molecule has 4 fully saturated rings. The molecule has 12 rings (SSSR count). The van der Waals surface area contributed by atoms with Crippen molar-refractivity contribution in [1.82, 2.24) is 49.4 Å². The number of pyridine rings is 4. The van der Waals surface area contributed by atoms with E-state index in [-0.39, 0.29) is 60.6 Å². The van der Waals surface area contributed by atoms with Gasteiger partial charge in [-0.3, -0.25) is 9.59 Å². The summed E-state index contributed by atoms with van der Waals surface area (Å²) in [6.07, 6.45) is 9.13. The fraction of sp³-hybridized carbons (Fsp3) is 0.548. The Bertz CT molecular complexity index is 3740. The fourth-order valence-corrected chi connectivity index (χ4v) is 15.4. The van der Waals surface area contributed by atoms with E-state index in [1.165, 1.54) is 24.3 Å². The van der Waals surface area contributed by atoms with Gasteiger partial charge in [-0.1, -0.05) is 79.1 Å². The molecule has 5 N–H and O–H groups in total. The van der Waals surface area contributed by atoms with E-state index in [1.54, 1.807) is 53.5 Å². The molecule has 0 radical (unpaired) electrons. The highest BCUT2D eigenvalue weighted by Gasteiger charge is 2.65. The Kier molecular flexibility index (Phi) is 18.3. The van der Waals surface area contributed by atoms with Crippen LogP contribution in [0.4, 0.5) is 23.3 Å². The largest absolute Gasteiger partial charge is 0.478 e. The molecule has 22 nitrogen and oxygen atoms in total. The van der Waals surface area contributed by atoms with Crippen LogP contribution in [0.1, 0.15) is 142 Å². The molecule has 10 heterocycles. The van der Waals surface area contributed by atoms with Crippen molar-refractivity contribution in [1.29, 1.82) is 0 Å². The summed E-state index contributed by atoms with van der Waals surface area (Å²) >= 11 is 6.14. The number of hydrogen-bond acceptors (Lipinski definition) is 18. The van der Waals surface area contributed by atoms with Crippen LogP contribution in [0.3, 0.4) is 0 Å². The Morgan fingerprint density at radius 3 is 1.55 bits per heavy atom. The highest BCUT2D eigenvalue weighted by atomic mass is 35.5. The minimum absolute atomic E-state index is 0. The molecule has 8 bridgehead atoms. The summed E-state index contributed by atoms with van der Waals surface area (Å²) in [4.78, 5) is 48.5. The SMILES string of the molecule is CC1(C)C(COc2ccn[nH]2)C1(C)C.CC1(C)CC2CCCNc3cccc(n3)S(=O)(=O)NC(=O)c3ccc(-n4ccc(OCC5C(C)(C)C5(C)C)n4)nc3N1C2.CC1(C)CC2CCCNc3cccc(n3)S(=O)(=O)NC(=O)c3ccc(Cl)nc3N1C2.Cl. The molecule has 6 aliphatic rings. The van der Waals surface area contributed by atoms with E-state index < -0.39 is 31.9 Å². The van der Waals surface area contributed by atoms with Crippen LogP contribution in [0.15, 0.2) is 95.2 Å². The minimum Gasteiger partial charge on any atom is -0.478 e. The number of halogens is 2. The summed E-state index contributed by atoms with van der Waals surface area (Å²) in [6.45, 7) is 30.8. The minimum atomic E-state index is -4.23. The number of ether oxygens (including phenoxy) is 2. The standard InChI is InChI=1S/C31H41N7O4S.C20H24ClN5O3S.C11H18N2O.ClH/c1-29(2)17-20-9-8-15-32-23-10-7-11-26(33-23)43(40,41)36-28(39)21-12-13-24(34-27(21)37(29)18-20)38-16-14-25(35-38)42-19-22-30(3,4)31(22,5)6;1-20(2)11-13-5-4-10-22-16-6-3-7-17(24-16)30(28,29)25-19(27)14-8-9-15(21)23-18(14)26(20)12-13;1-10(2)8(11(10,3)4)7-14-9-5-6-12-13-9;/h7,10-14,16,20,22H,8-9,15,17-19H2,1-6H3,(H,32,33)(H,36,39);3,6-9,13H,4-5,10-12H2,1-2H3,(H,22,24)(H,25,27);5-6,8H,7H2,1-4H3,(H,12,13);1H. The number of carbonyl (C=O) groups excluding carboxylic acids is 2. The van der Waals surface area contributed by atoms with Gasteiger partial charge in [-0.25, -0.2) is 39.2 Å². The number of anilines is 4. The topological polar surface area (TPSA) is 274 Å². The van der Waals surface area contributed by atoms with Crippen LogP contribution in [-0.2, 0) is 20.0 Å². The van der Waals surface area contributed by atoms with Gasteiger partial charge in [0.15, 0.2) is 15.9 Å². The van der Waals surface area contributed by atoms with Crippen molar-refractivity contribution in [3.8, 4) is 17.6 Å². The highest BCUT2D eigenvalue weighted by Crippen LogP contribution is 2.69.